The molecule has 0 radical (unpaired) electrons. The lowest BCUT2D eigenvalue weighted by molar-refractivity contribution is -0.305. The predicted molar refractivity (Wildman–Crippen MR) is 62.7 cm³/mol. The van der Waals surface area contributed by atoms with E-state index in [2.05, 4.69) is 0 Å². The van der Waals surface area contributed by atoms with Gasteiger partial charge in [0, 0.05) is 0 Å². The monoisotopic (exact) mass is 308 g/mol. The maximum atomic E-state index is 12.7. The Kier molecular flexibility index (Phi) is 12.9. The van der Waals surface area contributed by atoms with Gasteiger partial charge in [0.05, 0.1) is 6.42 Å². The number of hydrogen-bond acceptors (Lipinski definition) is 0. The zero-order chi connectivity index (χ0) is 12.7. The molecule has 8 heteroatoms. The summed E-state index contributed by atoms with van der Waals surface area (Å²) in [5.41, 5.74) is -4.97. The lowest BCUT2D eigenvalue weighted by Crippen LogP contribution is -2.54. The second-order valence-electron chi connectivity index (χ2n) is 3.45. The van der Waals surface area contributed by atoms with Crippen molar-refractivity contribution in [1.82, 2.24) is 0 Å². The topological polar surface area (TPSA) is 0 Å². The van der Waals surface area contributed by atoms with Crippen LogP contribution in [0.5, 0.6) is 0 Å². The van der Waals surface area contributed by atoms with E-state index in [-0.39, 0.29) is 36.6 Å². The third-order valence-corrected chi connectivity index (χ3v) is 1.75. The number of rotatable bonds is 3. The van der Waals surface area contributed by atoms with Crippen LogP contribution in [0.4, 0.5) is 35.1 Å². The highest BCUT2D eigenvalue weighted by atomic mass is 19.4. The number of halogens is 8. The van der Waals surface area contributed by atoms with Gasteiger partial charge in [0.25, 0.3) is 17.5 Å². The van der Waals surface area contributed by atoms with Crippen molar-refractivity contribution in [2.24, 2.45) is 0 Å². The van der Waals surface area contributed by atoms with Gasteiger partial charge < -0.3 is 0 Å². The lowest BCUT2D eigenvalue weighted by atomic mass is 9.94. The Balaban J connectivity index is -0.000000163. The van der Waals surface area contributed by atoms with Gasteiger partial charge in [0.2, 0.25) is 0 Å². The molecule has 0 spiro atoms. The van der Waals surface area contributed by atoms with Crippen LogP contribution in [0.2, 0.25) is 0 Å². The first-order chi connectivity index (χ1) is 6.21. The highest BCUT2D eigenvalue weighted by Gasteiger charge is 2.69. The minimum atomic E-state index is -5.90. The van der Waals surface area contributed by atoms with Gasteiger partial charge >= 0.3 is 6.18 Å². The Bertz CT molecular complexity index is 224. The fourth-order valence-electron chi connectivity index (χ4n) is 0.763. The second-order valence-corrected chi connectivity index (χ2v) is 3.45. The SMILES string of the molecule is C.C.C.C.CC(F)(F)CC(F)(F)C(C)(F)C(F)(F)F. The van der Waals surface area contributed by atoms with Crippen LogP contribution in [-0.4, -0.2) is 23.7 Å². The fraction of sp³-hybridized carbons (Fsp3) is 1.00. The Morgan fingerprint density at radius 3 is 1.05 bits per heavy atom. The van der Waals surface area contributed by atoms with E-state index in [1.165, 1.54) is 0 Å². The first kappa shape index (κ1) is 31.0. The summed E-state index contributed by atoms with van der Waals surface area (Å²) >= 11 is 0. The van der Waals surface area contributed by atoms with Gasteiger partial charge in [-0.15, -0.1) is 0 Å². The normalized spacial score (nSPS) is 14.8. The Hall–Kier alpha value is -0.560. The fourth-order valence-corrected chi connectivity index (χ4v) is 0.763. The van der Waals surface area contributed by atoms with Crippen LogP contribution in [0.3, 0.4) is 0 Å². The predicted octanol–water partition coefficient (Wildman–Crippen LogP) is 6.50. The van der Waals surface area contributed by atoms with Crippen LogP contribution in [0, 0.1) is 0 Å². The van der Waals surface area contributed by atoms with Crippen LogP contribution in [-0.2, 0) is 0 Å². The van der Waals surface area contributed by atoms with Crippen LogP contribution >= 0.6 is 0 Å². The van der Waals surface area contributed by atoms with E-state index < -0.39 is 37.0 Å². The van der Waals surface area contributed by atoms with Crippen molar-refractivity contribution in [3.05, 3.63) is 0 Å². The summed E-state index contributed by atoms with van der Waals surface area (Å²) in [5, 5.41) is 0. The standard InChI is InChI=1S/C7H8F8.4CH4/c1-4(8,9)3-6(11,12)5(2,10)7(13,14)15;;;;/h3H2,1-2H3;4*1H4. The zero-order valence-corrected chi connectivity index (χ0v) is 7.73. The molecule has 0 aromatic carbocycles. The van der Waals surface area contributed by atoms with Crippen LogP contribution < -0.4 is 0 Å². The zero-order valence-electron chi connectivity index (χ0n) is 7.73. The average molecular weight is 308 g/mol. The summed E-state index contributed by atoms with van der Waals surface area (Å²) in [6.45, 7) is -0.466. The van der Waals surface area contributed by atoms with E-state index in [1.807, 2.05) is 0 Å². The van der Waals surface area contributed by atoms with Gasteiger partial charge in [-0.1, -0.05) is 29.7 Å². The molecule has 19 heavy (non-hydrogen) atoms. The Morgan fingerprint density at radius 1 is 0.632 bits per heavy atom. The van der Waals surface area contributed by atoms with E-state index in [0.29, 0.717) is 0 Å². The molecule has 0 saturated carbocycles. The summed E-state index contributed by atoms with van der Waals surface area (Å²) in [4.78, 5) is 0. The van der Waals surface area contributed by atoms with Gasteiger partial charge in [-0.3, -0.25) is 0 Å². The van der Waals surface area contributed by atoms with Crippen molar-refractivity contribution in [2.45, 2.75) is 73.7 Å². The summed E-state index contributed by atoms with van der Waals surface area (Å²) < 4.78 is 97.6. The van der Waals surface area contributed by atoms with Crippen molar-refractivity contribution in [1.29, 1.82) is 0 Å². The van der Waals surface area contributed by atoms with Gasteiger partial charge in [-0.05, 0) is 13.8 Å². The third kappa shape index (κ3) is 7.57. The first-order valence-electron chi connectivity index (χ1n) is 3.72. The molecule has 0 aliphatic rings. The van der Waals surface area contributed by atoms with Gasteiger partial charge in [-0.25, -0.2) is 22.0 Å². The maximum Gasteiger partial charge on any atom is 0.428 e. The van der Waals surface area contributed by atoms with E-state index in [0.717, 1.165) is 0 Å². The van der Waals surface area contributed by atoms with Gasteiger partial charge in [0.15, 0.2) is 0 Å². The summed E-state index contributed by atoms with van der Waals surface area (Å²) in [6, 6.07) is 0. The minimum Gasteiger partial charge on any atom is -0.227 e. The molecule has 0 N–H and O–H groups in total. The molecule has 0 aliphatic carbocycles. The molecule has 0 saturated heterocycles. The molecule has 0 rings (SSSR count). The minimum absolute atomic E-state index is 0. The largest absolute Gasteiger partial charge is 0.428 e. The molecule has 0 amide bonds. The van der Waals surface area contributed by atoms with Crippen LogP contribution in [0.15, 0.2) is 0 Å². The third-order valence-electron chi connectivity index (χ3n) is 1.75. The van der Waals surface area contributed by atoms with Crippen LogP contribution in [0.25, 0.3) is 0 Å². The Morgan fingerprint density at radius 2 is 0.895 bits per heavy atom. The average Bonchev–Trinajstić information content (AvgIpc) is 1.77. The molecular weight excluding hydrogens is 284 g/mol. The quantitative estimate of drug-likeness (QED) is 0.522. The molecule has 124 valence electrons. The van der Waals surface area contributed by atoms with E-state index in [4.69, 9.17) is 0 Å². The first-order valence-corrected chi connectivity index (χ1v) is 3.72. The van der Waals surface area contributed by atoms with Crippen molar-refractivity contribution in [3.63, 3.8) is 0 Å². The van der Waals surface area contributed by atoms with E-state index >= 15 is 0 Å². The van der Waals surface area contributed by atoms with Gasteiger partial charge in [-0.2, -0.15) is 13.2 Å². The summed E-state index contributed by atoms with van der Waals surface area (Å²) in [7, 11) is 0. The molecule has 0 fully saturated rings. The van der Waals surface area contributed by atoms with Crippen molar-refractivity contribution in [3.8, 4) is 0 Å². The van der Waals surface area contributed by atoms with Gasteiger partial charge in [0.1, 0.15) is 0 Å². The lowest BCUT2D eigenvalue weighted by Gasteiger charge is -2.33. The molecule has 0 aromatic rings. The Labute approximate surface area is 110 Å². The molecule has 0 heterocycles. The van der Waals surface area contributed by atoms with Crippen LogP contribution in [0.1, 0.15) is 50.0 Å². The second kappa shape index (κ2) is 7.89. The maximum absolute atomic E-state index is 12.7. The van der Waals surface area contributed by atoms with Crippen molar-refractivity contribution < 1.29 is 35.1 Å². The molecule has 0 aliphatic heterocycles. The van der Waals surface area contributed by atoms with Crippen molar-refractivity contribution in [2.75, 3.05) is 0 Å². The highest BCUT2D eigenvalue weighted by Crippen LogP contribution is 2.48. The van der Waals surface area contributed by atoms with E-state index in [1.54, 1.807) is 0 Å². The molecule has 0 bridgehead atoms. The van der Waals surface area contributed by atoms with Crippen molar-refractivity contribution >= 4 is 0 Å². The molecule has 0 nitrogen and oxygen atoms in total. The highest BCUT2D eigenvalue weighted by molar-refractivity contribution is 4.97. The summed E-state index contributed by atoms with van der Waals surface area (Å²) in [6.07, 6.45) is -8.39. The smallest absolute Gasteiger partial charge is 0.227 e. The molecular formula is C11H24F8. The summed E-state index contributed by atoms with van der Waals surface area (Å²) in [5.74, 6) is -9.26. The number of alkyl halides is 8. The molecule has 1 unspecified atom stereocenters. The molecule has 1 atom stereocenters. The molecule has 0 aromatic heterocycles. The van der Waals surface area contributed by atoms with E-state index in [9.17, 15) is 35.1 Å². The number of hydrogen-bond donors (Lipinski definition) is 0.